The summed E-state index contributed by atoms with van der Waals surface area (Å²) in [5.74, 6) is -1.86. The highest BCUT2D eigenvalue weighted by Gasteiger charge is 2.18. The number of hydrogen-bond donors (Lipinski definition) is 1. The minimum atomic E-state index is -3.90. The number of halogens is 2. The predicted octanol–water partition coefficient (Wildman–Crippen LogP) is 4.38. The molecule has 1 aromatic rings. The fraction of sp³-hybridized carbons (Fsp3) is 0.625. The van der Waals surface area contributed by atoms with Gasteiger partial charge in [-0.2, -0.15) is 0 Å². The fourth-order valence-electron chi connectivity index (χ4n) is 2.24. The summed E-state index contributed by atoms with van der Waals surface area (Å²) >= 11 is 0. The molecular formula is C16H25F2NO2S. The molecule has 0 radical (unpaired) electrons. The molecule has 0 bridgehead atoms. The maximum Gasteiger partial charge on any atom is 0.243 e. The van der Waals surface area contributed by atoms with Gasteiger partial charge in [0, 0.05) is 12.6 Å². The van der Waals surface area contributed by atoms with Crippen LogP contribution in [0.15, 0.2) is 23.1 Å². The second-order valence-corrected chi connectivity index (χ2v) is 7.18. The molecule has 0 unspecified atom stereocenters. The first kappa shape index (κ1) is 19.0. The van der Waals surface area contributed by atoms with Gasteiger partial charge in [-0.05, 0) is 18.6 Å². The van der Waals surface area contributed by atoms with Gasteiger partial charge in [0.15, 0.2) is 0 Å². The first-order chi connectivity index (χ1) is 10.5. The third kappa shape index (κ3) is 6.83. The molecule has 22 heavy (non-hydrogen) atoms. The lowest BCUT2D eigenvalue weighted by atomic mass is 10.1. The van der Waals surface area contributed by atoms with Gasteiger partial charge in [0.2, 0.25) is 10.0 Å². The van der Waals surface area contributed by atoms with Crippen LogP contribution in [-0.4, -0.2) is 15.0 Å². The monoisotopic (exact) mass is 333 g/mol. The zero-order valence-electron chi connectivity index (χ0n) is 13.1. The molecule has 0 aliphatic carbocycles. The van der Waals surface area contributed by atoms with Gasteiger partial charge in [0.05, 0.1) is 0 Å². The first-order valence-corrected chi connectivity index (χ1v) is 9.40. The molecule has 6 heteroatoms. The van der Waals surface area contributed by atoms with Gasteiger partial charge >= 0.3 is 0 Å². The Morgan fingerprint density at radius 2 is 1.55 bits per heavy atom. The molecule has 0 atom stereocenters. The van der Waals surface area contributed by atoms with Crippen LogP contribution in [0.2, 0.25) is 0 Å². The molecule has 1 aromatic carbocycles. The third-order valence-corrected chi connectivity index (χ3v) is 5.00. The van der Waals surface area contributed by atoms with Gasteiger partial charge in [-0.3, -0.25) is 0 Å². The van der Waals surface area contributed by atoms with Crippen LogP contribution in [0.1, 0.15) is 58.3 Å². The number of unbranched alkanes of at least 4 members (excludes halogenated alkanes) is 7. The van der Waals surface area contributed by atoms with Gasteiger partial charge < -0.3 is 0 Å². The summed E-state index contributed by atoms with van der Waals surface area (Å²) < 4.78 is 52.4. The van der Waals surface area contributed by atoms with E-state index in [-0.39, 0.29) is 6.54 Å². The van der Waals surface area contributed by atoms with Crippen molar-refractivity contribution in [3.05, 3.63) is 29.8 Å². The highest BCUT2D eigenvalue weighted by molar-refractivity contribution is 7.89. The minimum absolute atomic E-state index is 0.272. The SMILES string of the molecule is CCCCCCCCCCNS(=O)(=O)c1ccc(F)cc1F. The fourth-order valence-corrected chi connectivity index (χ4v) is 3.37. The lowest BCUT2D eigenvalue weighted by Crippen LogP contribution is -2.25. The molecule has 1 N–H and O–H groups in total. The average molecular weight is 333 g/mol. The quantitative estimate of drug-likeness (QED) is 0.611. The van der Waals surface area contributed by atoms with Crippen LogP contribution in [-0.2, 0) is 10.0 Å². The van der Waals surface area contributed by atoms with E-state index in [1.165, 1.54) is 32.1 Å². The molecule has 0 amide bonds. The van der Waals surface area contributed by atoms with Crippen LogP contribution in [0.5, 0.6) is 0 Å². The van der Waals surface area contributed by atoms with Gasteiger partial charge in [-0.25, -0.2) is 21.9 Å². The molecule has 0 heterocycles. The van der Waals surface area contributed by atoms with Crippen molar-refractivity contribution in [3.63, 3.8) is 0 Å². The Balaban J connectivity index is 2.26. The molecule has 0 saturated carbocycles. The van der Waals surface area contributed by atoms with Crippen LogP contribution >= 0.6 is 0 Å². The highest BCUT2D eigenvalue weighted by atomic mass is 32.2. The maximum absolute atomic E-state index is 13.5. The van der Waals surface area contributed by atoms with Crippen molar-refractivity contribution in [1.82, 2.24) is 4.72 Å². The topological polar surface area (TPSA) is 46.2 Å². The minimum Gasteiger partial charge on any atom is -0.211 e. The van der Waals surface area contributed by atoms with Crippen LogP contribution in [0, 0.1) is 11.6 Å². The smallest absolute Gasteiger partial charge is 0.211 e. The first-order valence-electron chi connectivity index (χ1n) is 7.92. The Kier molecular flexibility index (Phi) is 8.56. The van der Waals surface area contributed by atoms with Gasteiger partial charge in [0.1, 0.15) is 16.5 Å². The van der Waals surface area contributed by atoms with E-state index in [4.69, 9.17) is 0 Å². The lowest BCUT2D eigenvalue weighted by Gasteiger charge is -2.07. The number of rotatable bonds is 11. The zero-order valence-corrected chi connectivity index (χ0v) is 13.9. The van der Waals surface area contributed by atoms with Crippen molar-refractivity contribution in [1.29, 1.82) is 0 Å². The largest absolute Gasteiger partial charge is 0.243 e. The molecule has 0 aliphatic heterocycles. The van der Waals surface area contributed by atoms with Crippen molar-refractivity contribution in [2.24, 2.45) is 0 Å². The second-order valence-electron chi connectivity index (χ2n) is 5.45. The molecule has 126 valence electrons. The van der Waals surface area contributed by atoms with Crippen LogP contribution in [0.25, 0.3) is 0 Å². The summed E-state index contributed by atoms with van der Waals surface area (Å²) in [6.45, 7) is 2.45. The van der Waals surface area contributed by atoms with E-state index in [0.717, 1.165) is 31.4 Å². The number of hydrogen-bond acceptors (Lipinski definition) is 2. The summed E-state index contributed by atoms with van der Waals surface area (Å²) in [7, 11) is -3.90. The number of sulfonamides is 1. The van der Waals surface area contributed by atoms with Gasteiger partial charge in [0.25, 0.3) is 0 Å². The third-order valence-electron chi connectivity index (χ3n) is 3.51. The van der Waals surface area contributed by atoms with Crippen molar-refractivity contribution < 1.29 is 17.2 Å². The standard InChI is InChI=1S/C16H25F2NO2S/c1-2-3-4-5-6-7-8-9-12-19-22(20,21)16-11-10-14(17)13-15(16)18/h10-11,13,19H,2-9,12H2,1H3. The van der Waals surface area contributed by atoms with E-state index in [0.29, 0.717) is 6.07 Å². The molecule has 0 aromatic heterocycles. The highest BCUT2D eigenvalue weighted by Crippen LogP contribution is 2.15. The van der Waals surface area contributed by atoms with Crippen molar-refractivity contribution in [2.75, 3.05) is 6.54 Å². The molecule has 0 aliphatic rings. The number of nitrogens with one attached hydrogen (secondary N) is 1. The molecule has 3 nitrogen and oxygen atoms in total. The van der Waals surface area contributed by atoms with Crippen molar-refractivity contribution >= 4 is 10.0 Å². The van der Waals surface area contributed by atoms with E-state index < -0.39 is 26.6 Å². The summed E-state index contributed by atoms with van der Waals surface area (Å²) in [6.07, 6.45) is 8.88. The van der Waals surface area contributed by atoms with Crippen molar-refractivity contribution in [2.45, 2.75) is 63.2 Å². The lowest BCUT2D eigenvalue weighted by molar-refractivity contribution is 0.538. The Bertz CT molecular complexity index is 547. The van der Waals surface area contributed by atoms with Gasteiger partial charge in [-0.15, -0.1) is 0 Å². The average Bonchev–Trinajstić information content (AvgIpc) is 2.45. The van der Waals surface area contributed by atoms with Crippen LogP contribution in [0.3, 0.4) is 0 Å². The van der Waals surface area contributed by atoms with E-state index in [1.54, 1.807) is 0 Å². The molecule has 0 saturated heterocycles. The normalized spacial score (nSPS) is 11.8. The Morgan fingerprint density at radius 3 is 2.14 bits per heavy atom. The van der Waals surface area contributed by atoms with Crippen LogP contribution in [0.4, 0.5) is 8.78 Å². The molecular weight excluding hydrogens is 308 g/mol. The zero-order chi connectivity index (χ0) is 16.4. The summed E-state index contributed by atoms with van der Waals surface area (Å²) in [6, 6.07) is 2.46. The number of benzene rings is 1. The molecule has 0 spiro atoms. The summed E-state index contributed by atoms with van der Waals surface area (Å²) in [5.41, 5.74) is 0. The molecule has 1 rings (SSSR count). The summed E-state index contributed by atoms with van der Waals surface area (Å²) in [5, 5.41) is 0. The Labute approximate surface area is 132 Å². The Hall–Kier alpha value is -1.01. The summed E-state index contributed by atoms with van der Waals surface area (Å²) in [4.78, 5) is -0.506. The van der Waals surface area contributed by atoms with E-state index in [2.05, 4.69) is 11.6 Å². The maximum atomic E-state index is 13.5. The van der Waals surface area contributed by atoms with E-state index >= 15 is 0 Å². The van der Waals surface area contributed by atoms with Crippen molar-refractivity contribution in [3.8, 4) is 0 Å². The second kappa shape index (κ2) is 9.90. The Morgan fingerprint density at radius 1 is 0.955 bits per heavy atom. The van der Waals surface area contributed by atoms with E-state index in [9.17, 15) is 17.2 Å². The molecule has 0 fully saturated rings. The van der Waals surface area contributed by atoms with E-state index in [1.807, 2.05) is 0 Å². The van der Waals surface area contributed by atoms with Gasteiger partial charge in [-0.1, -0.05) is 51.9 Å². The predicted molar refractivity (Wildman–Crippen MR) is 84.2 cm³/mol. The van der Waals surface area contributed by atoms with Crippen LogP contribution < -0.4 is 4.72 Å².